The van der Waals surface area contributed by atoms with Crippen LogP contribution >= 0.6 is 11.6 Å². The van der Waals surface area contributed by atoms with Gasteiger partial charge in [-0.1, -0.05) is 19.8 Å². The Morgan fingerprint density at radius 3 is 2.63 bits per heavy atom. The minimum absolute atomic E-state index is 0.0107. The number of alkyl halides is 1. The second kappa shape index (κ2) is 5.85. The minimum atomic E-state index is -3.55. The summed E-state index contributed by atoms with van der Waals surface area (Å²) in [6, 6.07) is 3.15. The number of halogens is 1. The van der Waals surface area contributed by atoms with E-state index in [0.29, 0.717) is 11.7 Å². The quantitative estimate of drug-likeness (QED) is 0.803. The number of hydrogen-bond donors (Lipinski definition) is 0. The molecule has 1 saturated carbocycles. The van der Waals surface area contributed by atoms with E-state index < -0.39 is 10.0 Å². The molecule has 6 heteroatoms. The van der Waals surface area contributed by atoms with Crippen LogP contribution in [0.15, 0.2) is 21.6 Å². The third-order valence-electron chi connectivity index (χ3n) is 3.94. The third-order valence-corrected chi connectivity index (χ3v) is 5.96. The van der Waals surface area contributed by atoms with Crippen LogP contribution in [0.2, 0.25) is 0 Å². The lowest BCUT2D eigenvalue weighted by Crippen LogP contribution is -2.42. The third kappa shape index (κ3) is 2.98. The van der Waals surface area contributed by atoms with Crippen LogP contribution in [0, 0.1) is 5.92 Å². The number of nitrogens with zero attached hydrogens (tertiary/aromatic N) is 1. The van der Waals surface area contributed by atoms with Crippen LogP contribution in [0.5, 0.6) is 0 Å². The van der Waals surface area contributed by atoms with Crippen molar-refractivity contribution in [2.24, 2.45) is 5.92 Å². The van der Waals surface area contributed by atoms with Gasteiger partial charge in [0.2, 0.25) is 5.09 Å². The van der Waals surface area contributed by atoms with Gasteiger partial charge in [0.1, 0.15) is 5.76 Å². The molecule has 0 N–H and O–H groups in total. The van der Waals surface area contributed by atoms with E-state index in [1.807, 2.05) is 0 Å². The fourth-order valence-corrected chi connectivity index (χ4v) is 4.28. The molecule has 1 aromatic heterocycles. The zero-order valence-electron chi connectivity index (χ0n) is 11.3. The van der Waals surface area contributed by atoms with Crippen LogP contribution < -0.4 is 0 Å². The van der Waals surface area contributed by atoms with Crippen molar-refractivity contribution in [2.75, 3.05) is 7.05 Å². The molecule has 2 atom stereocenters. The molecule has 0 saturated heterocycles. The summed E-state index contributed by atoms with van der Waals surface area (Å²) >= 11 is 5.64. The lowest BCUT2D eigenvalue weighted by molar-refractivity contribution is 0.210. The second-order valence-corrected chi connectivity index (χ2v) is 7.40. The summed E-state index contributed by atoms with van der Waals surface area (Å²) in [6.45, 7) is 2.11. The maximum Gasteiger partial charge on any atom is 0.276 e. The molecule has 1 fully saturated rings. The normalized spacial score (nSPS) is 24.8. The van der Waals surface area contributed by atoms with E-state index in [1.54, 1.807) is 13.1 Å². The van der Waals surface area contributed by atoms with Crippen LogP contribution in [0.4, 0.5) is 0 Å². The van der Waals surface area contributed by atoms with Gasteiger partial charge in [-0.05, 0) is 30.9 Å². The molecule has 0 radical (unpaired) electrons. The van der Waals surface area contributed by atoms with E-state index in [4.69, 9.17) is 16.0 Å². The summed E-state index contributed by atoms with van der Waals surface area (Å²) in [5, 5.41) is -0.0107. The molecular formula is C13H20ClNO3S. The highest BCUT2D eigenvalue weighted by atomic mass is 35.5. The van der Waals surface area contributed by atoms with Gasteiger partial charge in [0, 0.05) is 13.1 Å². The minimum Gasteiger partial charge on any atom is -0.447 e. The molecule has 19 heavy (non-hydrogen) atoms. The lowest BCUT2D eigenvalue weighted by atomic mass is 9.86. The van der Waals surface area contributed by atoms with Gasteiger partial charge in [0.25, 0.3) is 10.0 Å². The first-order valence-corrected chi connectivity index (χ1v) is 8.57. The van der Waals surface area contributed by atoms with Crippen molar-refractivity contribution in [3.05, 3.63) is 17.9 Å². The van der Waals surface area contributed by atoms with E-state index in [0.717, 1.165) is 19.3 Å². The van der Waals surface area contributed by atoms with Gasteiger partial charge in [-0.15, -0.1) is 11.6 Å². The summed E-state index contributed by atoms with van der Waals surface area (Å²) in [5.74, 6) is 1.04. The molecule has 0 amide bonds. The summed E-state index contributed by atoms with van der Waals surface area (Å²) in [7, 11) is -1.91. The van der Waals surface area contributed by atoms with Gasteiger partial charge in [-0.2, -0.15) is 4.31 Å². The van der Waals surface area contributed by atoms with E-state index in [2.05, 4.69) is 6.92 Å². The molecule has 0 aromatic carbocycles. The van der Waals surface area contributed by atoms with E-state index >= 15 is 0 Å². The monoisotopic (exact) mass is 305 g/mol. The fraction of sp³-hybridized carbons (Fsp3) is 0.692. The first-order chi connectivity index (χ1) is 8.96. The Bertz CT molecular complexity index is 526. The largest absolute Gasteiger partial charge is 0.447 e. The van der Waals surface area contributed by atoms with Crippen molar-refractivity contribution in [1.82, 2.24) is 4.31 Å². The first kappa shape index (κ1) is 14.9. The predicted octanol–water partition coefficient (Wildman–Crippen LogP) is 3.22. The number of rotatable bonds is 4. The lowest BCUT2D eigenvalue weighted by Gasteiger charge is -2.34. The highest BCUT2D eigenvalue weighted by Crippen LogP contribution is 2.31. The Balaban J connectivity index is 2.23. The zero-order chi connectivity index (χ0) is 14.0. The molecule has 0 spiro atoms. The SMILES string of the molecule is CC1CCCCC1N(C)S(=O)(=O)c1ccc(CCl)o1. The Labute approximate surface area is 119 Å². The molecule has 4 nitrogen and oxygen atoms in total. The van der Waals surface area contributed by atoms with Crippen LogP contribution in [-0.4, -0.2) is 25.8 Å². The van der Waals surface area contributed by atoms with Crippen molar-refractivity contribution in [2.45, 2.75) is 49.6 Å². The molecule has 1 heterocycles. The summed E-state index contributed by atoms with van der Waals surface area (Å²) in [6.07, 6.45) is 4.26. The maximum absolute atomic E-state index is 12.5. The Morgan fingerprint density at radius 2 is 2.05 bits per heavy atom. The van der Waals surface area contributed by atoms with Gasteiger partial charge in [-0.25, -0.2) is 8.42 Å². The van der Waals surface area contributed by atoms with Gasteiger partial charge >= 0.3 is 0 Å². The Morgan fingerprint density at radius 1 is 1.37 bits per heavy atom. The Kier molecular flexibility index (Phi) is 4.58. The average Bonchev–Trinajstić information content (AvgIpc) is 2.88. The standard InChI is InChI=1S/C13H20ClNO3S/c1-10-5-3-4-6-12(10)15(2)19(16,17)13-8-7-11(9-14)18-13/h7-8,10,12H,3-6,9H2,1-2H3. The zero-order valence-corrected chi connectivity index (χ0v) is 12.9. The topological polar surface area (TPSA) is 50.5 Å². The highest BCUT2D eigenvalue weighted by Gasteiger charge is 2.34. The molecule has 2 rings (SSSR count). The molecule has 108 valence electrons. The average molecular weight is 306 g/mol. The molecule has 2 unspecified atom stereocenters. The van der Waals surface area contributed by atoms with E-state index in [9.17, 15) is 8.42 Å². The van der Waals surface area contributed by atoms with Crippen molar-refractivity contribution < 1.29 is 12.8 Å². The second-order valence-electron chi connectivity index (χ2n) is 5.20. The smallest absolute Gasteiger partial charge is 0.276 e. The Hall–Kier alpha value is -0.520. The van der Waals surface area contributed by atoms with Gasteiger partial charge in [-0.3, -0.25) is 0 Å². The van der Waals surface area contributed by atoms with E-state index in [1.165, 1.54) is 16.8 Å². The summed E-state index contributed by atoms with van der Waals surface area (Å²) in [5.41, 5.74) is 0. The predicted molar refractivity (Wildman–Crippen MR) is 74.6 cm³/mol. The molecule has 1 aliphatic carbocycles. The maximum atomic E-state index is 12.5. The molecule has 1 aromatic rings. The summed E-state index contributed by atoms with van der Waals surface area (Å²) < 4.78 is 31.7. The van der Waals surface area contributed by atoms with Crippen molar-refractivity contribution in [1.29, 1.82) is 0 Å². The number of sulfonamides is 1. The first-order valence-electron chi connectivity index (χ1n) is 6.59. The molecule has 0 aliphatic heterocycles. The van der Waals surface area contributed by atoms with Crippen LogP contribution in [0.25, 0.3) is 0 Å². The van der Waals surface area contributed by atoms with Gasteiger partial charge in [0.05, 0.1) is 5.88 Å². The molecular weight excluding hydrogens is 286 g/mol. The molecule has 0 bridgehead atoms. The van der Waals surface area contributed by atoms with Crippen molar-refractivity contribution in [3.8, 4) is 0 Å². The molecule has 1 aliphatic rings. The van der Waals surface area contributed by atoms with Crippen LogP contribution in [0.3, 0.4) is 0 Å². The highest BCUT2D eigenvalue weighted by molar-refractivity contribution is 7.89. The van der Waals surface area contributed by atoms with Crippen LogP contribution in [-0.2, 0) is 15.9 Å². The van der Waals surface area contributed by atoms with E-state index in [-0.39, 0.29) is 17.0 Å². The number of hydrogen-bond acceptors (Lipinski definition) is 3. The van der Waals surface area contributed by atoms with Crippen LogP contribution in [0.1, 0.15) is 38.4 Å². The van der Waals surface area contributed by atoms with Crippen molar-refractivity contribution >= 4 is 21.6 Å². The van der Waals surface area contributed by atoms with Gasteiger partial charge in [0.15, 0.2) is 0 Å². The van der Waals surface area contributed by atoms with Gasteiger partial charge < -0.3 is 4.42 Å². The summed E-state index contributed by atoms with van der Waals surface area (Å²) in [4.78, 5) is 0. The number of furan rings is 1. The fourth-order valence-electron chi connectivity index (χ4n) is 2.73. The van der Waals surface area contributed by atoms with Crippen molar-refractivity contribution in [3.63, 3.8) is 0 Å².